The molecule has 2 rings (SSSR count). The van der Waals surface area contributed by atoms with Gasteiger partial charge in [0.1, 0.15) is 0 Å². The average Bonchev–Trinajstić information content (AvgIpc) is 2.89. The Hall–Kier alpha value is -1.71. The number of hydrogen-bond acceptors (Lipinski definition) is 3. The summed E-state index contributed by atoms with van der Waals surface area (Å²) in [6.45, 7) is 0.335. The number of rotatable bonds is 5. The van der Waals surface area contributed by atoms with Crippen molar-refractivity contribution in [1.29, 1.82) is 0 Å². The highest BCUT2D eigenvalue weighted by Crippen LogP contribution is 2.23. The molecule has 4 nitrogen and oxygen atoms in total. The van der Waals surface area contributed by atoms with E-state index in [-0.39, 0.29) is 5.91 Å². The van der Waals surface area contributed by atoms with Crippen LogP contribution in [0.5, 0.6) is 0 Å². The fourth-order valence-electron chi connectivity index (χ4n) is 2.54. The molecule has 0 unspecified atom stereocenters. The Morgan fingerprint density at radius 3 is 2.63 bits per heavy atom. The van der Waals surface area contributed by atoms with Crippen LogP contribution in [-0.2, 0) is 4.79 Å². The van der Waals surface area contributed by atoms with Gasteiger partial charge in [-0.05, 0) is 25.0 Å². The van der Waals surface area contributed by atoms with Crippen molar-refractivity contribution in [1.82, 2.24) is 5.32 Å². The molecular formula is C15H23N3O. The molecule has 1 fully saturated rings. The van der Waals surface area contributed by atoms with Crippen molar-refractivity contribution >= 4 is 17.3 Å². The monoisotopic (exact) mass is 261 g/mol. The zero-order chi connectivity index (χ0) is 13.7. The summed E-state index contributed by atoms with van der Waals surface area (Å²) in [5.74, 6) is 0.0838. The lowest BCUT2D eigenvalue weighted by Gasteiger charge is -2.19. The quantitative estimate of drug-likeness (QED) is 0.854. The molecule has 0 aromatic heterocycles. The van der Waals surface area contributed by atoms with E-state index in [0.717, 1.165) is 24.2 Å². The summed E-state index contributed by atoms with van der Waals surface area (Å²) in [4.78, 5) is 13.9. The molecule has 1 aromatic carbocycles. The third-order valence-corrected chi connectivity index (χ3v) is 3.55. The van der Waals surface area contributed by atoms with Crippen molar-refractivity contribution in [2.24, 2.45) is 0 Å². The first kappa shape index (κ1) is 13.7. The number of para-hydroxylation sites is 2. The first-order valence-electron chi connectivity index (χ1n) is 6.96. The Kier molecular flexibility index (Phi) is 4.66. The summed E-state index contributed by atoms with van der Waals surface area (Å²) in [7, 11) is 4.00. The van der Waals surface area contributed by atoms with Gasteiger partial charge in [-0.15, -0.1) is 0 Å². The van der Waals surface area contributed by atoms with Crippen LogP contribution in [0.3, 0.4) is 0 Å². The second kappa shape index (κ2) is 6.45. The van der Waals surface area contributed by atoms with Crippen molar-refractivity contribution < 1.29 is 4.79 Å². The lowest BCUT2D eigenvalue weighted by atomic mass is 10.2. The standard InChI is InChI=1S/C15H23N3O/c1-18(2)14-10-6-5-9-13(14)16-11-15(19)17-12-7-3-4-8-12/h5-6,9-10,12,16H,3-4,7-8,11H2,1-2H3,(H,17,19). The van der Waals surface area contributed by atoms with E-state index in [2.05, 4.69) is 10.6 Å². The summed E-state index contributed by atoms with van der Waals surface area (Å²) >= 11 is 0. The lowest BCUT2D eigenvalue weighted by molar-refractivity contribution is -0.120. The molecule has 2 N–H and O–H groups in total. The molecule has 0 atom stereocenters. The highest BCUT2D eigenvalue weighted by Gasteiger charge is 2.16. The maximum atomic E-state index is 11.9. The first-order valence-corrected chi connectivity index (χ1v) is 6.96. The molecule has 0 bridgehead atoms. The summed E-state index contributed by atoms with van der Waals surface area (Å²) in [6.07, 6.45) is 4.73. The predicted octanol–water partition coefficient (Wildman–Crippen LogP) is 2.22. The molecule has 0 aliphatic heterocycles. The molecule has 1 saturated carbocycles. The summed E-state index contributed by atoms with van der Waals surface area (Å²) in [5, 5.41) is 6.30. The number of carbonyl (C=O) groups is 1. The molecule has 4 heteroatoms. The lowest BCUT2D eigenvalue weighted by Crippen LogP contribution is -2.36. The number of amides is 1. The SMILES string of the molecule is CN(C)c1ccccc1NCC(=O)NC1CCCC1. The minimum Gasteiger partial charge on any atom is -0.376 e. The highest BCUT2D eigenvalue weighted by molar-refractivity contribution is 5.82. The van der Waals surface area contributed by atoms with E-state index in [1.807, 2.05) is 43.3 Å². The van der Waals surface area contributed by atoms with Gasteiger partial charge in [-0.2, -0.15) is 0 Å². The van der Waals surface area contributed by atoms with Crippen LogP contribution in [0, 0.1) is 0 Å². The summed E-state index contributed by atoms with van der Waals surface area (Å²) < 4.78 is 0. The number of benzene rings is 1. The molecule has 1 aliphatic carbocycles. The van der Waals surface area contributed by atoms with E-state index in [1.165, 1.54) is 12.8 Å². The fraction of sp³-hybridized carbons (Fsp3) is 0.533. The van der Waals surface area contributed by atoms with Gasteiger partial charge >= 0.3 is 0 Å². The van der Waals surface area contributed by atoms with Crippen LogP contribution in [0.1, 0.15) is 25.7 Å². The van der Waals surface area contributed by atoms with E-state index in [4.69, 9.17) is 0 Å². The number of nitrogens with one attached hydrogen (secondary N) is 2. The molecular weight excluding hydrogens is 238 g/mol. The van der Waals surface area contributed by atoms with E-state index >= 15 is 0 Å². The molecule has 0 spiro atoms. The van der Waals surface area contributed by atoms with Crippen LogP contribution < -0.4 is 15.5 Å². The number of anilines is 2. The highest BCUT2D eigenvalue weighted by atomic mass is 16.1. The second-order valence-electron chi connectivity index (χ2n) is 5.31. The van der Waals surface area contributed by atoms with Gasteiger partial charge in [0.05, 0.1) is 17.9 Å². The van der Waals surface area contributed by atoms with E-state index in [0.29, 0.717) is 12.6 Å². The third kappa shape index (κ3) is 3.88. The Morgan fingerprint density at radius 1 is 1.26 bits per heavy atom. The smallest absolute Gasteiger partial charge is 0.239 e. The van der Waals surface area contributed by atoms with E-state index in [1.54, 1.807) is 0 Å². The number of carbonyl (C=O) groups excluding carboxylic acids is 1. The molecule has 1 aromatic rings. The Balaban J connectivity index is 1.86. The first-order chi connectivity index (χ1) is 9.16. The Bertz CT molecular complexity index is 425. The van der Waals surface area contributed by atoms with Crippen LogP contribution in [-0.4, -0.2) is 32.6 Å². The Morgan fingerprint density at radius 2 is 1.95 bits per heavy atom. The second-order valence-corrected chi connectivity index (χ2v) is 5.31. The van der Waals surface area contributed by atoms with Crippen LogP contribution in [0.4, 0.5) is 11.4 Å². The van der Waals surface area contributed by atoms with Crippen LogP contribution >= 0.6 is 0 Å². The van der Waals surface area contributed by atoms with E-state index in [9.17, 15) is 4.79 Å². The van der Waals surface area contributed by atoms with Gasteiger partial charge in [-0.3, -0.25) is 4.79 Å². The minimum atomic E-state index is 0.0838. The van der Waals surface area contributed by atoms with Crippen molar-refractivity contribution in [3.8, 4) is 0 Å². The fourth-order valence-corrected chi connectivity index (χ4v) is 2.54. The van der Waals surface area contributed by atoms with Gasteiger partial charge in [0.15, 0.2) is 0 Å². The zero-order valence-electron chi connectivity index (χ0n) is 11.8. The largest absolute Gasteiger partial charge is 0.376 e. The number of hydrogen-bond donors (Lipinski definition) is 2. The molecule has 0 saturated heterocycles. The molecule has 0 radical (unpaired) electrons. The van der Waals surface area contributed by atoms with Crippen molar-refractivity contribution in [2.75, 3.05) is 30.9 Å². The van der Waals surface area contributed by atoms with Crippen molar-refractivity contribution in [2.45, 2.75) is 31.7 Å². The van der Waals surface area contributed by atoms with Crippen LogP contribution in [0.2, 0.25) is 0 Å². The third-order valence-electron chi connectivity index (χ3n) is 3.55. The van der Waals surface area contributed by atoms with Gasteiger partial charge in [-0.1, -0.05) is 25.0 Å². The Labute approximate surface area is 115 Å². The van der Waals surface area contributed by atoms with Gasteiger partial charge in [-0.25, -0.2) is 0 Å². The zero-order valence-corrected chi connectivity index (χ0v) is 11.8. The normalized spacial score (nSPS) is 15.3. The van der Waals surface area contributed by atoms with Gasteiger partial charge < -0.3 is 15.5 Å². The summed E-state index contributed by atoms with van der Waals surface area (Å²) in [6, 6.07) is 8.40. The van der Waals surface area contributed by atoms with Gasteiger partial charge in [0, 0.05) is 20.1 Å². The predicted molar refractivity (Wildman–Crippen MR) is 79.7 cm³/mol. The molecule has 1 amide bonds. The average molecular weight is 261 g/mol. The van der Waals surface area contributed by atoms with Gasteiger partial charge in [0.25, 0.3) is 0 Å². The van der Waals surface area contributed by atoms with Crippen molar-refractivity contribution in [3.05, 3.63) is 24.3 Å². The topological polar surface area (TPSA) is 44.4 Å². The van der Waals surface area contributed by atoms with Crippen LogP contribution in [0.15, 0.2) is 24.3 Å². The summed E-state index contributed by atoms with van der Waals surface area (Å²) in [5.41, 5.74) is 2.09. The molecule has 1 aliphatic rings. The maximum Gasteiger partial charge on any atom is 0.239 e. The molecule has 0 heterocycles. The number of nitrogens with zero attached hydrogens (tertiary/aromatic N) is 1. The van der Waals surface area contributed by atoms with E-state index < -0.39 is 0 Å². The minimum absolute atomic E-state index is 0.0838. The molecule has 104 valence electrons. The van der Waals surface area contributed by atoms with Gasteiger partial charge in [0.2, 0.25) is 5.91 Å². The van der Waals surface area contributed by atoms with Crippen molar-refractivity contribution in [3.63, 3.8) is 0 Å². The molecule has 19 heavy (non-hydrogen) atoms. The van der Waals surface area contributed by atoms with Crippen LogP contribution in [0.25, 0.3) is 0 Å². The maximum absolute atomic E-state index is 11.9.